The van der Waals surface area contributed by atoms with Crippen molar-refractivity contribution in [2.45, 2.75) is 4.90 Å². The first kappa shape index (κ1) is 14.8. The fraction of sp³-hybridized carbons (Fsp3) is 0.333. The van der Waals surface area contributed by atoms with E-state index in [-0.39, 0.29) is 12.5 Å². The largest absolute Gasteiger partial charge is 0.389 e. The van der Waals surface area contributed by atoms with E-state index in [0.29, 0.717) is 4.99 Å². The number of anilines is 1. The number of benzene rings is 1. The van der Waals surface area contributed by atoms with Crippen molar-refractivity contribution in [3.63, 3.8) is 0 Å². The number of hydrogen-bond acceptors (Lipinski definition) is 4. The van der Waals surface area contributed by atoms with Crippen LogP contribution in [0.1, 0.15) is 5.56 Å². The van der Waals surface area contributed by atoms with E-state index >= 15 is 0 Å². The zero-order chi connectivity index (χ0) is 13.7. The van der Waals surface area contributed by atoms with Gasteiger partial charge >= 0.3 is 0 Å². The van der Waals surface area contributed by atoms with E-state index in [9.17, 15) is 4.79 Å². The van der Waals surface area contributed by atoms with Crippen molar-refractivity contribution in [2.24, 2.45) is 5.73 Å². The zero-order valence-corrected chi connectivity index (χ0v) is 12.3. The van der Waals surface area contributed by atoms with E-state index in [0.717, 1.165) is 16.1 Å². The normalized spacial score (nSPS) is 9.94. The highest BCUT2D eigenvalue weighted by molar-refractivity contribution is 7.98. The minimum Gasteiger partial charge on any atom is -0.389 e. The van der Waals surface area contributed by atoms with E-state index in [1.807, 2.05) is 24.5 Å². The van der Waals surface area contributed by atoms with Gasteiger partial charge in [0.05, 0.1) is 6.54 Å². The maximum Gasteiger partial charge on any atom is 0.241 e. The van der Waals surface area contributed by atoms with Crippen LogP contribution in [0.25, 0.3) is 0 Å². The summed E-state index contributed by atoms with van der Waals surface area (Å²) in [6.45, 7) is 0.223. The fourth-order valence-electron chi connectivity index (χ4n) is 1.43. The van der Waals surface area contributed by atoms with E-state index in [2.05, 4.69) is 5.32 Å². The Hall–Kier alpha value is -1.27. The summed E-state index contributed by atoms with van der Waals surface area (Å²) in [7, 11) is 3.44. The molecule has 0 atom stereocenters. The number of hydrogen-bond donors (Lipinski definition) is 2. The Morgan fingerprint density at radius 3 is 2.67 bits per heavy atom. The zero-order valence-electron chi connectivity index (χ0n) is 10.7. The Labute approximate surface area is 117 Å². The quantitative estimate of drug-likeness (QED) is 0.634. The van der Waals surface area contributed by atoms with E-state index < -0.39 is 0 Å². The lowest BCUT2D eigenvalue weighted by Crippen LogP contribution is -2.29. The summed E-state index contributed by atoms with van der Waals surface area (Å²) >= 11 is 6.64. The van der Waals surface area contributed by atoms with Crippen LogP contribution in [0.5, 0.6) is 0 Å². The van der Waals surface area contributed by atoms with E-state index in [4.69, 9.17) is 18.0 Å². The minimum atomic E-state index is -0.00144. The molecule has 6 heteroatoms. The molecule has 0 aliphatic rings. The molecule has 0 saturated heterocycles. The maximum atomic E-state index is 11.5. The van der Waals surface area contributed by atoms with Crippen LogP contribution in [-0.4, -0.2) is 42.7 Å². The van der Waals surface area contributed by atoms with E-state index in [1.165, 1.54) is 4.90 Å². The summed E-state index contributed by atoms with van der Waals surface area (Å²) < 4.78 is 0. The summed E-state index contributed by atoms with van der Waals surface area (Å²) in [6.07, 6.45) is 1.96. The van der Waals surface area contributed by atoms with Gasteiger partial charge in [0.1, 0.15) is 4.99 Å². The highest BCUT2D eigenvalue weighted by Crippen LogP contribution is 2.26. The van der Waals surface area contributed by atoms with Gasteiger partial charge in [0.25, 0.3) is 0 Å². The molecule has 4 nitrogen and oxygen atoms in total. The average Bonchev–Trinajstić information content (AvgIpc) is 2.34. The molecule has 0 aliphatic heterocycles. The molecule has 0 bridgehead atoms. The van der Waals surface area contributed by atoms with Gasteiger partial charge in [-0.3, -0.25) is 4.79 Å². The number of nitrogens with zero attached hydrogens (tertiary/aromatic N) is 1. The Kier molecular flexibility index (Phi) is 5.43. The summed E-state index contributed by atoms with van der Waals surface area (Å²) in [5.41, 5.74) is 7.33. The molecule has 1 rings (SSSR count). The lowest BCUT2D eigenvalue weighted by atomic mass is 10.1. The second-order valence-electron chi connectivity index (χ2n) is 3.89. The summed E-state index contributed by atoms with van der Waals surface area (Å²) in [5.74, 6) is -0.00144. The molecule has 0 heterocycles. The third-order valence-corrected chi connectivity index (χ3v) is 3.41. The molecule has 0 saturated carbocycles. The van der Waals surface area contributed by atoms with Crippen molar-refractivity contribution in [2.75, 3.05) is 32.2 Å². The monoisotopic (exact) mass is 283 g/mol. The van der Waals surface area contributed by atoms with Crippen LogP contribution < -0.4 is 11.1 Å². The molecular formula is C12H17N3OS2. The number of thioether (sulfide) groups is 1. The second kappa shape index (κ2) is 6.61. The van der Waals surface area contributed by atoms with Crippen molar-refractivity contribution >= 4 is 40.6 Å². The molecule has 3 N–H and O–H groups in total. The first-order valence-corrected chi connectivity index (χ1v) is 7.01. The van der Waals surface area contributed by atoms with Gasteiger partial charge in [-0.15, -0.1) is 11.8 Å². The number of amides is 1. The van der Waals surface area contributed by atoms with Crippen LogP contribution in [-0.2, 0) is 4.79 Å². The predicted molar refractivity (Wildman–Crippen MR) is 81.3 cm³/mol. The molecule has 0 aromatic heterocycles. The van der Waals surface area contributed by atoms with Crippen LogP contribution in [0.15, 0.2) is 23.1 Å². The van der Waals surface area contributed by atoms with Crippen LogP contribution in [0.3, 0.4) is 0 Å². The van der Waals surface area contributed by atoms with E-state index in [1.54, 1.807) is 25.9 Å². The number of nitrogens with two attached hydrogens (primary N) is 1. The van der Waals surface area contributed by atoms with Gasteiger partial charge in [0.2, 0.25) is 5.91 Å². The predicted octanol–water partition coefficient (Wildman–Crippen LogP) is 1.54. The molecule has 1 aromatic rings. The number of likely N-dealkylation sites (N-methyl/N-ethyl adjacent to an activating group) is 1. The lowest BCUT2D eigenvalue weighted by molar-refractivity contribution is -0.126. The lowest BCUT2D eigenvalue weighted by Gasteiger charge is -2.16. The van der Waals surface area contributed by atoms with Crippen molar-refractivity contribution < 1.29 is 4.79 Å². The highest BCUT2D eigenvalue weighted by atomic mass is 32.2. The third-order valence-electron chi connectivity index (χ3n) is 2.42. The van der Waals surface area contributed by atoms with Crippen molar-refractivity contribution in [3.8, 4) is 0 Å². The Morgan fingerprint density at radius 2 is 2.17 bits per heavy atom. The van der Waals surface area contributed by atoms with Gasteiger partial charge in [-0.25, -0.2) is 0 Å². The van der Waals surface area contributed by atoms with Gasteiger partial charge in [-0.05, 0) is 18.4 Å². The molecule has 0 aliphatic carbocycles. The average molecular weight is 283 g/mol. The number of rotatable bonds is 5. The molecule has 1 amide bonds. The smallest absolute Gasteiger partial charge is 0.241 e. The van der Waals surface area contributed by atoms with Gasteiger partial charge in [0.15, 0.2) is 0 Å². The number of carbonyl (C=O) groups is 1. The van der Waals surface area contributed by atoms with Crippen molar-refractivity contribution in [1.29, 1.82) is 0 Å². The van der Waals surface area contributed by atoms with Gasteiger partial charge in [-0.2, -0.15) is 0 Å². The van der Waals surface area contributed by atoms with Crippen molar-refractivity contribution in [1.82, 2.24) is 4.90 Å². The molecule has 0 unspecified atom stereocenters. The summed E-state index contributed by atoms with van der Waals surface area (Å²) in [4.78, 5) is 14.4. The van der Waals surface area contributed by atoms with Gasteiger partial charge in [0, 0.05) is 30.2 Å². The Balaban J connectivity index is 2.95. The standard InChI is InChI=1S/C12H17N3OS2/c1-15(2)10(16)7-14-8-5-4-6-9(18-3)11(8)12(13)17/h4-6,14H,7H2,1-3H3,(H2,13,17). The summed E-state index contributed by atoms with van der Waals surface area (Å²) in [5, 5.41) is 3.08. The molecular weight excluding hydrogens is 266 g/mol. The Bertz CT molecular complexity index is 461. The molecule has 0 fully saturated rings. The number of thiocarbonyl (C=S) groups is 1. The first-order chi connectivity index (χ1) is 8.47. The van der Waals surface area contributed by atoms with Crippen molar-refractivity contribution in [3.05, 3.63) is 23.8 Å². The number of carbonyl (C=O) groups excluding carboxylic acids is 1. The fourth-order valence-corrected chi connectivity index (χ4v) is 2.35. The maximum absolute atomic E-state index is 11.5. The van der Waals surface area contributed by atoms with Gasteiger partial charge < -0.3 is 16.0 Å². The molecule has 18 heavy (non-hydrogen) atoms. The molecule has 98 valence electrons. The third kappa shape index (κ3) is 3.61. The summed E-state index contributed by atoms with van der Waals surface area (Å²) in [6, 6.07) is 5.74. The highest BCUT2D eigenvalue weighted by Gasteiger charge is 2.11. The molecule has 0 radical (unpaired) electrons. The Morgan fingerprint density at radius 1 is 1.50 bits per heavy atom. The number of nitrogens with one attached hydrogen (secondary N) is 1. The van der Waals surface area contributed by atoms with Crippen LogP contribution in [0.4, 0.5) is 5.69 Å². The molecule has 0 spiro atoms. The molecule has 1 aromatic carbocycles. The van der Waals surface area contributed by atoms with Crippen LogP contribution >= 0.6 is 24.0 Å². The van der Waals surface area contributed by atoms with Crippen LogP contribution in [0.2, 0.25) is 0 Å². The second-order valence-corrected chi connectivity index (χ2v) is 5.18. The SMILES string of the molecule is CSc1cccc(NCC(=O)N(C)C)c1C(N)=S. The first-order valence-electron chi connectivity index (χ1n) is 5.38. The topological polar surface area (TPSA) is 58.4 Å². The van der Waals surface area contributed by atoms with Crippen LogP contribution in [0, 0.1) is 0 Å². The van der Waals surface area contributed by atoms with Gasteiger partial charge in [-0.1, -0.05) is 18.3 Å². The minimum absolute atomic E-state index is 0.00144.